The molecular weight excluding hydrogens is 428 g/mol. The fourth-order valence-electron chi connectivity index (χ4n) is 2.96. The molecule has 0 unspecified atom stereocenters. The minimum absolute atomic E-state index is 0.0475. The average molecular weight is 448 g/mol. The molecule has 3 rings (SSSR count). The second-order valence-corrected chi connectivity index (χ2v) is 7.01. The quantitative estimate of drug-likeness (QED) is 0.309. The van der Waals surface area contributed by atoms with E-state index in [0.717, 1.165) is 11.1 Å². The van der Waals surface area contributed by atoms with Crippen LogP contribution in [0.25, 0.3) is 12.2 Å². The summed E-state index contributed by atoms with van der Waals surface area (Å²) in [6.45, 7) is -0.0949. The molecule has 0 fully saturated rings. The first kappa shape index (κ1) is 23.7. The Hall–Kier alpha value is -4.94. The maximum absolute atomic E-state index is 12.4. The van der Waals surface area contributed by atoms with Gasteiger partial charge in [-0.05, 0) is 77.9 Å². The van der Waals surface area contributed by atoms with E-state index in [1.165, 1.54) is 12.2 Å². The van der Waals surface area contributed by atoms with Crippen LogP contribution in [0.2, 0.25) is 0 Å². The molecule has 0 radical (unpaired) electrons. The highest BCUT2D eigenvalue weighted by Crippen LogP contribution is 2.16. The van der Waals surface area contributed by atoms with Gasteiger partial charge in [-0.15, -0.1) is 0 Å². The highest BCUT2D eigenvalue weighted by atomic mass is 16.5. The van der Waals surface area contributed by atoms with Crippen LogP contribution in [-0.2, 0) is 0 Å². The molecule has 6 heteroatoms. The van der Waals surface area contributed by atoms with E-state index in [4.69, 9.17) is 20.0 Å². The van der Waals surface area contributed by atoms with Crippen LogP contribution in [0.5, 0.6) is 11.5 Å². The van der Waals surface area contributed by atoms with E-state index in [-0.39, 0.29) is 24.8 Å². The van der Waals surface area contributed by atoms with Gasteiger partial charge < -0.3 is 9.47 Å². The van der Waals surface area contributed by atoms with Crippen LogP contribution in [-0.4, -0.2) is 24.8 Å². The molecule has 166 valence electrons. The predicted octanol–water partition coefficient (Wildman–Crippen LogP) is 5.28. The largest absolute Gasteiger partial charge is 0.479 e. The van der Waals surface area contributed by atoms with Crippen molar-refractivity contribution < 1.29 is 19.1 Å². The van der Waals surface area contributed by atoms with Crippen molar-refractivity contribution >= 4 is 23.7 Å². The van der Waals surface area contributed by atoms with E-state index >= 15 is 0 Å². The summed E-state index contributed by atoms with van der Waals surface area (Å²) in [4.78, 5) is 24.8. The average Bonchev–Trinajstić information content (AvgIpc) is 2.88. The lowest BCUT2D eigenvalue weighted by atomic mass is 10.1. The molecule has 0 aliphatic carbocycles. The molecule has 0 aliphatic rings. The number of hydrogen-bond donors (Lipinski definition) is 0. The van der Waals surface area contributed by atoms with Crippen LogP contribution >= 0.6 is 0 Å². The van der Waals surface area contributed by atoms with Crippen molar-refractivity contribution in [1.82, 2.24) is 0 Å². The third-order valence-corrected chi connectivity index (χ3v) is 4.65. The molecule has 0 saturated carbocycles. The second kappa shape index (κ2) is 12.2. The van der Waals surface area contributed by atoms with Gasteiger partial charge >= 0.3 is 0 Å². The fourth-order valence-corrected chi connectivity index (χ4v) is 2.96. The van der Waals surface area contributed by atoms with Gasteiger partial charge in [0.05, 0.1) is 0 Å². The number of nitriles is 2. The molecule has 0 saturated heterocycles. The summed E-state index contributed by atoms with van der Waals surface area (Å²) >= 11 is 0. The normalized spacial score (nSPS) is 10.5. The van der Waals surface area contributed by atoms with E-state index in [9.17, 15) is 9.59 Å². The number of ketones is 2. The van der Waals surface area contributed by atoms with E-state index in [1.807, 2.05) is 36.4 Å². The first-order valence-corrected chi connectivity index (χ1v) is 10.3. The third-order valence-electron chi connectivity index (χ3n) is 4.65. The lowest BCUT2D eigenvalue weighted by Gasteiger charge is -2.02. The zero-order valence-corrected chi connectivity index (χ0v) is 18.2. The predicted molar refractivity (Wildman–Crippen MR) is 128 cm³/mol. The SMILES string of the molecule is N#CCOc1ccc(C(=O)C=Cc2cccc(C=CC(=O)c3ccc(OCC#N)cc3)c2)cc1. The summed E-state index contributed by atoms with van der Waals surface area (Å²) in [7, 11) is 0. The Labute approximate surface area is 197 Å². The zero-order valence-electron chi connectivity index (χ0n) is 18.2. The summed E-state index contributed by atoms with van der Waals surface area (Å²) < 4.78 is 10.4. The smallest absolute Gasteiger partial charge is 0.185 e. The van der Waals surface area contributed by atoms with E-state index in [2.05, 4.69) is 0 Å². The number of carbonyl (C=O) groups is 2. The highest BCUT2D eigenvalue weighted by Gasteiger charge is 2.04. The van der Waals surface area contributed by atoms with E-state index in [1.54, 1.807) is 60.7 Å². The van der Waals surface area contributed by atoms with Gasteiger partial charge in [0.2, 0.25) is 0 Å². The van der Waals surface area contributed by atoms with Crippen LogP contribution in [0.4, 0.5) is 0 Å². The number of benzene rings is 3. The van der Waals surface area contributed by atoms with Crippen molar-refractivity contribution in [1.29, 1.82) is 10.5 Å². The van der Waals surface area contributed by atoms with Crippen molar-refractivity contribution in [2.75, 3.05) is 13.2 Å². The Kier molecular flexibility index (Phi) is 8.50. The lowest BCUT2D eigenvalue weighted by molar-refractivity contribution is 0.103. The van der Waals surface area contributed by atoms with Gasteiger partial charge in [0.25, 0.3) is 0 Å². The third kappa shape index (κ3) is 7.05. The summed E-state index contributed by atoms with van der Waals surface area (Å²) in [5.41, 5.74) is 2.64. The molecule has 6 nitrogen and oxygen atoms in total. The maximum Gasteiger partial charge on any atom is 0.185 e. The monoisotopic (exact) mass is 448 g/mol. The maximum atomic E-state index is 12.4. The fraction of sp³-hybridized carbons (Fsp3) is 0.0714. The molecule has 3 aromatic rings. The first-order valence-electron chi connectivity index (χ1n) is 10.3. The Morgan fingerprint density at radius 1 is 0.676 bits per heavy atom. The van der Waals surface area contributed by atoms with Crippen LogP contribution in [0.15, 0.2) is 84.9 Å². The molecule has 0 heterocycles. The molecule has 0 bridgehead atoms. The summed E-state index contributed by atoms with van der Waals surface area (Å²) in [5.74, 6) is 0.731. The molecule has 0 amide bonds. The summed E-state index contributed by atoms with van der Waals surface area (Å²) in [5, 5.41) is 17.1. The Morgan fingerprint density at radius 2 is 1.09 bits per heavy atom. The minimum atomic E-state index is -0.162. The standard InChI is InChI=1S/C28H20N2O4/c29-16-18-33-25-10-6-23(7-11-25)27(31)14-4-21-2-1-3-22(20-21)5-15-28(32)24-8-12-26(13-9-24)34-19-17-30/h1-15,20H,18-19H2. The zero-order chi connectivity index (χ0) is 24.2. The van der Waals surface area contributed by atoms with Crippen molar-refractivity contribution in [2.45, 2.75) is 0 Å². The lowest BCUT2D eigenvalue weighted by Crippen LogP contribution is -1.96. The van der Waals surface area contributed by atoms with Crippen molar-refractivity contribution in [3.8, 4) is 23.6 Å². The van der Waals surface area contributed by atoms with Gasteiger partial charge in [-0.3, -0.25) is 9.59 Å². The van der Waals surface area contributed by atoms with Gasteiger partial charge in [-0.25, -0.2) is 0 Å². The van der Waals surface area contributed by atoms with Gasteiger partial charge in [0, 0.05) is 11.1 Å². The summed E-state index contributed by atoms with van der Waals surface area (Å²) in [6, 6.07) is 24.4. The summed E-state index contributed by atoms with van der Waals surface area (Å²) in [6.07, 6.45) is 6.38. The molecule has 0 N–H and O–H groups in total. The first-order chi connectivity index (χ1) is 16.6. The number of rotatable bonds is 10. The molecule has 34 heavy (non-hydrogen) atoms. The van der Waals surface area contributed by atoms with Crippen molar-refractivity contribution in [3.63, 3.8) is 0 Å². The molecular formula is C28H20N2O4. The van der Waals surface area contributed by atoms with E-state index < -0.39 is 0 Å². The molecule has 0 atom stereocenters. The van der Waals surface area contributed by atoms with Gasteiger partial charge in [-0.2, -0.15) is 10.5 Å². The topological polar surface area (TPSA) is 100 Å². The molecule has 0 aliphatic heterocycles. The molecule has 0 spiro atoms. The Morgan fingerprint density at radius 3 is 1.47 bits per heavy atom. The van der Waals surface area contributed by atoms with Crippen LogP contribution in [0.1, 0.15) is 31.8 Å². The minimum Gasteiger partial charge on any atom is -0.479 e. The number of allylic oxidation sites excluding steroid dienone is 2. The van der Waals surface area contributed by atoms with Crippen LogP contribution < -0.4 is 9.47 Å². The van der Waals surface area contributed by atoms with Gasteiger partial charge in [0.1, 0.15) is 23.6 Å². The van der Waals surface area contributed by atoms with E-state index in [0.29, 0.717) is 22.6 Å². The number of carbonyl (C=O) groups excluding carboxylic acids is 2. The highest BCUT2D eigenvalue weighted by molar-refractivity contribution is 6.07. The van der Waals surface area contributed by atoms with Crippen molar-refractivity contribution in [2.24, 2.45) is 0 Å². The van der Waals surface area contributed by atoms with Crippen LogP contribution in [0, 0.1) is 22.7 Å². The number of nitrogens with zero attached hydrogens (tertiary/aromatic N) is 2. The number of hydrogen-bond acceptors (Lipinski definition) is 6. The second-order valence-electron chi connectivity index (χ2n) is 7.01. The van der Waals surface area contributed by atoms with Gasteiger partial charge in [0.15, 0.2) is 24.8 Å². The van der Waals surface area contributed by atoms with Gasteiger partial charge in [-0.1, -0.05) is 30.4 Å². The Balaban J connectivity index is 1.61. The molecule has 3 aromatic carbocycles. The molecule has 0 aromatic heterocycles. The van der Waals surface area contributed by atoms with Crippen LogP contribution in [0.3, 0.4) is 0 Å². The van der Waals surface area contributed by atoms with Crippen molar-refractivity contribution in [3.05, 3.63) is 107 Å². The number of ether oxygens (including phenoxy) is 2. The Bertz CT molecular complexity index is 1190.